The maximum absolute atomic E-state index is 5.41. The topological polar surface area (TPSA) is 12.5 Å². The summed E-state index contributed by atoms with van der Waals surface area (Å²) in [5, 5.41) is 0. The molecule has 1 aliphatic heterocycles. The van der Waals surface area contributed by atoms with Crippen LogP contribution in [0.2, 0.25) is 0 Å². The van der Waals surface area contributed by atoms with E-state index in [1.54, 1.807) is 0 Å². The van der Waals surface area contributed by atoms with Crippen LogP contribution in [0.25, 0.3) is 0 Å². The average Bonchev–Trinajstić information content (AvgIpc) is 2.61. The first-order chi connectivity index (χ1) is 7.29. The largest absolute Gasteiger partial charge is 0.380 e. The molecule has 1 heterocycles. The third-order valence-corrected chi connectivity index (χ3v) is 3.23. The van der Waals surface area contributed by atoms with Gasteiger partial charge in [-0.3, -0.25) is 4.90 Å². The van der Waals surface area contributed by atoms with Gasteiger partial charge in [-0.05, 0) is 18.9 Å². The molecule has 1 saturated heterocycles. The molecule has 0 unspecified atom stereocenters. The Bertz CT molecular complexity index is 299. The molecule has 1 aromatic rings. The van der Waals surface area contributed by atoms with E-state index in [-0.39, 0.29) is 0 Å². The maximum atomic E-state index is 5.41. The molecule has 0 spiro atoms. The first-order valence-electron chi connectivity index (χ1n) is 5.60. The Morgan fingerprint density at radius 3 is 2.67 bits per heavy atom. The van der Waals surface area contributed by atoms with Crippen molar-refractivity contribution in [2.24, 2.45) is 0 Å². The van der Waals surface area contributed by atoms with E-state index in [9.17, 15) is 0 Å². The molecule has 2 heteroatoms. The van der Waals surface area contributed by atoms with Crippen LogP contribution in [0, 0.1) is 0 Å². The number of nitrogens with zero attached hydrogens (tertiary/aromatic N) is 1. The Labute approximate surface area is 91.9 Å². The molecule has 1 fully saturated rings. The van der Waals surface area contributed by atoms with Crippen LogP contribution in [0.1, 0.15) is 18.9 Å². The average molecular weight is 205 g/mol. The zero-order valence-corrected chi connectivity index (χ0v) is 9.52. The van der Waals surface area contributed by atoms with Crippen LogP contribution in [0.4, 0.5) is 0 Å². The predicted octanol–water partition coefficient (Wildman–Crippen LogP) is 2.30. The highest BCUT2D eigenvalue weighted by molar-refractivity contribution is 5.14. The van der Waals surface area contributed by atoms with E-state index < -0.39 is 0 Å². The SMILES string of the molecule is CO[C@H]1C[C@H](C)N(Cc2ccccc2)C1. The molecule has 0 aliphatic carbocycles. The molecule has 2 atom stereocenters. The van der Waals surface area contributed by atoms with E-state index >= 15 is 0 Å². The molecule has 2 nitrogen and oxygen atoms in total. The Morgan fingerprint density at radius 2 is 2.07 bits per heavy atom. The summed E-state index contributed by atoms with van der Waals surface area (Å²) < 4.78 is 5.41. The molecular formula is C13H19NO. The van der Waals surface area contributed by atoms with Crippen molar-refractivity contribution in [2.75, 3.05) is 13.7 Å². The van der Waals surface area contributed by atoms with E-state index in [0.717, 1.165) is 19.5 Å². The monoisotopic (exact) mass is 205 g/mol. The quantitative estimate of drug-likeness (QED) is 0.750. The summed E-state index contributed by atoms with van der Waals surface area (Å²) in [6, 6.07) is 11.3. The van der Waals surface area contributed by atoms with Gasteiger partial charge in [0.25, 0.3) is 0 Å². The number of hydrogen-bond donors (Lipinski definition) is 0. The lowest BCUT2D eigenvalue weighted by atomic mass is 10.2. The summed E-state index contributed by atoms with van der Waals surface area (Å²) in [6.45, 7) is 4.39. The Hall–Kier alpha value is -0.860. The summed E-state index contributed by atoms with van der Waals surface area (Å²) in [5.74, 6) is 0. The second-order valence-corrected chi connectivity index (χ2v) is 4.36. The van der Waals surface area contributed by atoms with Gasteiger partial charge in [-0.15, -0.1) is 0 Å². The van der Waals surface area contributed by atoms with Crippen molar-refractivity contribution >= 4 is 0 Å². The van der Waals surface area contributed by atoms with Gasteiger partial charge in [0, 0.05) is 26.2 Å². The van der Waals surface area contributed by atoms with Crippen LogP contribution in [0.5, 0.6) is 0 Å². The van der Waals surface area contributed by atoms with Crippen molar-refractivity contribution < 1.29 is 4.74 Å². The Kier molecular flexibility index (Phi) is 3.39. The fourth-order valence-electron chi connectivity index (χ4n) is 2.25. The molecule has 0 bridgehead atoms. The number of ether oxygens (including phenoxy) is 1. The standard InChI is InChI=1S/C13H19NO/c1-11-8-13(15-2)10-14(11)9-12-6-4-3-5-7-12/h3-7,11,13H,8-10H2,1-2H3/t11-,13-/m0/s1. The second kappa shape index (κ2) is 4.77. The number of benzene rings is 1. The molecule has 0 N–H and O–H groups in total. The van der Waals surface area contributed by atoms with Gasteiger partial charge in [0.1, 0.15) is 0 Å². The van der Waals surface area contributed by atoms with Crippen molar-refractivity contribution in [3.05, 3.63) is 35.9 Å². The zero-order chi connectivity index (χ0) is 10.7. The minimum absolute atomic E-state index is 0.420. The number of methoxy groups -OCH3 is 1. The number of likely N-dealkylation sites (tertiary alicyclic amines) is 1. The minimum atomic E-state index is 0.420. The van der Waals surface area contributed by atoms with Crippen molar-refractivity contribution in [1.82, 2.24) is 4.90 Å². The van der Waals surface area contributed by atoms with Crippen molar-refractivity contribution in [1.29, 1.82) is 0 Å². The van der Waals surface area contributed by atoms with Crippen LogP contribution < -0.4 is 0 Å². The predicted molar refractivity (Wildman–Crippen MR) is 61.7 cm³/mol. The van der Waals surface area contributed by atoms with Gasteiger partial charge < -0.3 is 4.74 Å². The highest BCUT2D eigenvalue weighted by atomic mass is 16.5. The van der Waals surface area contributed by atoms with E-state index in [2.05, 4.69) is 42.2 Å². The fraction of sp³-hybridized carbons (Fsp3) is 0.538. The normalized spacial score (nSPS) is 27.1. The highest BCUT2D eigenvalue weighted by Crippen LogP contribution is 2.21. The Morgan fingerprint density at radius 1 is 1.33 bits per heavy atom. The first-order valence-corrected chi connectivity index (χ1v) is 5.60. The minimum Gasteiger partial charge on any atom is -0.380 e. The summed E-state index contributed by atoms with van der Waals surface area (Å²) in [7, 11) is 1.81. The van der Waals surface area contributed by atoms with E-state index in [1.807, 2.05) is 7.11 Å². The smallest absolute Gasteiger partial charge is 0.0713 e. The fourth-order valence-corrected chi connectivity index (χ4v) is 2.25. The van der Waals surface area contributed by atoms with Gasteiger partial charge >= 0.3 is 0 Å². The van der Waals surface area contributed by atoms with Crippen molar-refractivity contribution in [2.45, 2.75) is 32.0 Å². The molecule has 15 heavy (non-hydrogen) atoms. The number of hydrogen-bond acceptors (Lipinski definition) is 2. The molecule has 0 amide bonds. The summed E-state index contributed by atoms with van der Waals surface area (Å²) in [6.07, 6.45) is 1.58. The Balaban J connectivity index is 1.96. The maximum Gasteiger partial charge on any atom is 0.0713 e. The lowest BCUT2D eigenvalue weighted by Gasteiger charge is -2.20. The van der Waals surface area contributed by atoms with Crippen LogP contribution in [0.15, 0.2) is 30.3 Å². The molecule has 2 rings (SSSR count). The first kappa shape index (κ1) is 10.7. The summed E-state index contributed by atoms with van der Waals surface area (Å²) >= 11 is 0. The van der Waals surface area contributed by atoms with Gasteiger partial charge in [0.2, 0.25) is 0 Å². The third kappa shape index (κ3) is 2.58. The van der Waals surface area contributed by atoms with Crippen molar-refractivity contribution in [3.8, 4) is 0 Å². The van der Waals surface area contributed by atoms with E-state index in [1.165, 1.54) is 5.56 Å². The third-order valence-electron chi connectivity index (χ3n) is 3.23. The summed E-state index contributed by atoms with van der Waals surface area (Å²) in [4.78, 5) is 2.49. The molecule has 1 aromatic carbocycles. The van der Waals surface area contributed by atoms with E-state index in [4.69, 9.17) is 4.74 Å². The highest BCUT2D eigenvalue weighted by Gasteiger charge is 2.28. The van der Waals surface area contributed by atoms with E-state index in [0.29, 0.717) is 12.1 Å². The molecule has 82 valence electrons. The molecule has 0 saturated carbocycles. The summed E-state index contributed by atoms with van der Waals surface area (Å²) in [5.41, 5.74) is 1.39. The van der Waals surface area contributed by atoms with Crippen LogP contribution >= 0.6 is 0 Å². The van der Waals surface area contributed by atoms with Gasteiger partial charge in [0.05, 0.1) is 6.10 Å². The van der Waals surface area contributed by atoms with Gasteiger partial charge in [0.15, 0.2) is 0 Å². The molecule has 0 radical (unpaired) electrons. The molecule has 1 aliphatic rings. The van der Waals surface area contributed by atoms with Crippen molar-refractivity contribution in [3.63, 3.8) is 0 Å². The second-order valence-electron chi connectivity index (χ2n) is 4.36. The molecular weight excluding hydrogens is 186 g/mol. The van der Waals surface area contributed by atoms with Crippen LogP contribution in [0.3, 0.4) is 0 Å². The van der Waals surface area contributed by atoms with Crippen LogP contribution in [-0.2, 0) is 11.3 Å². The molecule has 0 aromatic heterocycles. The van der Waals surface area contributed by atoms with Gasteiger partial charge in [-0.25, -0.2) is 0 Å². The lowest BCUT2D eigenvalue weighted by Crippen LogP contribution is -2.27. The lowest BCUT2D eigenvalue weighted by molar-refractivity contribution is 0.107. The van der Waals surface area contributed by atoms with Gasteiger partial charge in [-0.1, -0.05) is 30.3 Å². The van der Waals surface area contributed by atoms with Gasteiger partial charge in [-0.2, -0.15) is 0 Å². The zero-order valence-electron chi connectivity index (χ0n) is 9.52. The number of rotatable bonds is 3. The van der Waals surface area contributed by atoms with Crippen LogP contribution in [-0.4, -0.2) is 30.7 Å².